The highest BCUT2D eigenvalue weighted by Crippen LogP contribution is 2.22. The van der Waals surface area contributed by atoms with Gasteiger partial charge in [0.25, 0.3) is 0 Å². The molecule has 0 unspecified atom stereocenters. The second kappa shape index (κ2) is 3.30. The van der Waals surface area contributed by atoms with Gasteiger partial charge in [-0.25, -0.2) is 0 Å². The molecule has 0 saturated carbocycles. The Morgan fingerprint density at radius 1 is 1.43 bits per heavy atom. The van der Waals surface area contributed by atoms with Crippen LogP contribution in [0.25, 0.3) is 11.5 Å². The number of rotatable bonds is 1. The van der Waals surface area contributed by atoms with Crippen molar-refractivity contribution in [3.63, 3.8) is 0 Å². The monoisotopic (exact) mass is 185 g/mol. The minimum atomic E-state index is 0.444. The largest absolute Gasteiger partial charge is 0.423 e. The van der Waals surface area contributed by atoms with E-state index in [2.05, 4.69) is 16.3 Å². The standard InChI is InChI=1S/C10H7N3O/c1-7-8(5-11)3-2-4-9(7)10-13-12-6-14-10/h2-4,6H,1H3. The predicted octanol–water partition coefficient (Wildman–Crippen LogP) is 1.92. The first kappa shape index (κ1) is 8.45. The molecule has 2 rings (SSSR count). The summed E-state index contributed by atoms with van der Waals surface area (Å²) in [6.45, 7) is 1.86. The van der Waals surface area contributed by atoms with Crippen molar-refractivity contribution in [1.82, 2.24) is 10.2 Å². The van der Waals surface area contributed by atoms with Gasteiger partial charge in [0, 0.05) is 5.56 Å². The van der Waals surface area contributed by atoms with E-state index in [1.807, 2.05) is 13.0 Å². The molecule has 1 aromatic heterocycles. The highest BCUT2D eigenvalue weighted by molar-refractivity contribution is 5.62. The normalized spacial score (nSPS) is 9.71. The molecule has 0 aliphatic heterocycles. The molecule has 4 nitrogen and oxygen atoms in total. The number of nitrogens with zero attached hydrogens (tertiary/aromatic N) is 3. The zero-order valence-electron chi connectivity index (χ0n) is 7.56. The zero-order chi connectivity index (χ0) is 9.97. The van der Waals surface area contributed by atoms with Crippen LogP contribution in [0.15, 0.2) is 29.0 Å². The Balaban J connectivity index is 2.61. The number of aromatic nitrogens is 2. The molecule has 0 aliphatic carbocycles. The highest BCUT2D eigenvalue weighted by Gasteiger charge is 2.09. The van der Waals surface area contributed by atoms with Gasteiger partial charge in [0.2, 0.25) is 12.3 Å². The molecule has 0 atom stereocenters. The molecule has 0 aliphatic rings. The van der Waals surface area contributed by atoms with Crippen molar-refractivity contribution in [1.29, 1.82) is 5.26 Å². The maximum atomic E-state index is 8.82. The fourth-order valence-corrected chi connectivity index (χ4v) is 1.28. The molecule has 68 valence electrons. The van der Waals surface area contributed by atoms with E-state index in [4.69, 9.17) is 9.68 Å². The first-order valence-corrected chi connectivity index (χ1v) is 4.09. The van der Waals surface area contributed by atoms with Crippen LogP contribution in [-0.4, -0.2) is 10.2 Å². The Hall–Kier alpha value is -2.15. The number of nitriles is 1. The lowest BCUT2D eigenvalue weighted by atomic mass is 10.0. The molecule has 0 saturated heterocycles. The van der Waals surface area contributed by atoms with Crippen LogP contribution in [0.1, 0.15) is 11.1 Å². The van der Waals surface area contributed by atoms with E-state index in [1.165, 1.54) is 6.39 Å². The van der Waals surface area contributed by atoms with Crippen LogP contribution in [-0.2, 0) is 0 Å². The van der Waals surface area contributed by atoms with E-state index in [-0.39, 0.29) is 0 Å². The number of benzene rings is 1. The summed E-state index contributed by atoms with van der Waals surface area (Å²) < 4.78 is 5.07. The molecule has 14 heavy (non-hydrogen) atoms. The van der Waals surface area contributed by atoms with Crippen molar-refractivity contribution in [3.8, 4) is 17.5 Å². The minimum absolute atomic E-state index is 0.444. The average molecular weight is 185 g/mol. The average Bonchev–Trinajstić information content (AvgIpc) is 2.71. The van der Waals surface area contributed by atoms with Gasteiger partial charge in [-0.3, -0.25) is 0 Å². The van der Waals surface area contributed by atoms with Crippen molar-refractivity contribution >= 4 is 0 Å². The van der Waals surface area contributed by atoms with Gasteiger partial charge in [-0.2, -0.15) is 5.26 Å². The van der Waals surface area contributed by atoms with E-state index in [9.17, 15) is 0 Å². The molecule has 0 bridgehead atoms. The van der Waals surface area contributed by atoms with E-state index in [0.717, 1.165) is 11.1 Å². The van der Waals surface area contributed by atoms with Crippen LogP contribution >= 0.6 is 0 Å². The first-order valence-electron chi connectivity index (χ1n) is 4.09. The van der Waals surface area contributed by atoms with Gasteiger partial charge >= 0.3 is 0 Å². The molecule has 0 spiro atoms. The third kappa shape index (κ3) is 1.25. The van der Waals surface area contributed by atoms with E-state index in [0.29, 0.717) is 11.5 Å². The molecule has 1 aromatic carbocycles. The zero-order valence-corrected chi connectivity index (χ0v) is 7.56. The Morgan fingerprint density at radius 3 is 2.93 bits per heavy atom. The van der Waals surface area contributed by atoms with Gasteiger partial charge in [0.15, 0.2) is 0 Å². The van der Waals surface area contributed by atoms with Crippen LogP contribution in [0, 0.1) is 18.3 Å². The van der Waals surface area contributed by atoms with Crippen LogP contribution in [0.3, 0.4) is 0 Å². The van der Waals surface area contributed by atoms with Crippen molar-refractivity contribution in [3.05, 3.63) is 35.7 Å². The smallest absolute Gasteiger partial charge is 0.247 e. The number of hydrogen-bond acceptors (Lipinski definition) is 4. The van der Waals surface area contributed by atoms with Crippen LogP contribution in [0.2, 0.25) is 0 Å². The van der Waals surface area contributed by atoms with E-state index in [1.54, 1.807) is 12.1 Å². The quantitative estimate of drug-likeness (QED) is 0.680. The molecular formula is C10H7N3O. The lowest BCUT2D eigenvalue weighted by Gasteiger charge is -2.01. The van der Waals surface area contributed by atoms with E-state index >= 15 is 0 Å². The van der Waals surface area contributed by atoms with Gasteiger partial charge in [-0.1, -0.05) is 6.07 Å². The van der Waals surface area contributed by atoms with Gasteiger partial charge < -0.3 is 4.42 Å². The molecule has 4 heteroatoms. The molecule has 0 radical (unpaired) electrons. The molecule has 0 fully saturated rings. The lowest BCUT2D eigenvalue weighted by molar-refractivity contribution is 0.568. The lowest BCUT2D eigenvalue weighted by Crippen LogP contribution is -1.87. The second-order valence-corrected chi connectivity index (χ2v) is 2.83. The maximum absolute atomic E-state index is 8.82. The van der Waals surface area contributed by atoms with Crippen LogP contribution < -0.4 is 0 Å². The Bertz CT molecular complexity index is 483. The summed E-state index contributed by atoms with van der Waals surface area (Å²) in [6, 6.07) is 7.51. The summed E-state index contributed by atoms with van der Waals surface area (Å²) in [4.78, 5) is 0. The fourth-order valence-electron chi connectivity index (χ4n) is 1.28. The molecular weight excluding hydrogens is 178 g/mol. The Labute approximate surface area is 80.8 Å². The maximum Gasteiger partial charge on any atom is 0.247 e. The molecule has 0 N–H and O–H groups in total. The minimum Gasteiger partial charge on any atom is -0.423 e. The summed E-state index contributed by atoms with van der Waals surface area (Å²) >= 11 is 0. The third-order valence-electron chi connectivity index (χ3n) is 2.04. The van der Waals surface area contributed by atoms with Crippen molar-refractivity contribution < 1.29 is 4.42 Å². The summed E-state index contributed by atoms with van der Waals surface area (Å²) in [5.41, 5.74) is 2.29. The molecule has 1 heterocycles. The Morgan fingerprint density at radius 2 is 2.29 bits per heavy atom. The van der Waals surface area contributed by atoms with Gasteiger partial charge in [-0.15, -0.1) is 10.2 Å². The topological polar surface area (TPSA) is 62.7 Å². The first-order chi connectivity index (χ1) is 6.83. The van der Waals surface area contributed by atoms with Crippen LogP contribution in [0.5, 0.6) is 0 Å². The molecule has 2 aromatic rings. The van der Waals surface area contributed by atoms with Gasteiger partial charge in [0.05, 0.1) is 11.6 Å². The van der Waals surface area contributed by atoms with Crippen molar-refractivity contribution in [2.45, 2.75) is 6.92 Å². The SMILES string of the molecule is Cc1c(C#N)cccc1-c1nnco1. The summed E-state index contributed by atoms with van der Waals surface area (Å²) in [6.07, 6.45) is 1.27. The predicted molar refractivity (Wildman–Crippen MR) is 49.2 cm³/mol. The Kier molecular flexibility index (Phi) is 1.99. The second-order valence-electron chi connectivity index (χ2n) is 2.83. The third-order valence-corrected chi connectivity index (χ3v) is 2.04. The van der Waals surface area contributed by atoms with Crippen molar-refractivity contribution in [2.75, 3.05) is 0 Å². The van der Waals surface area contributed by atoms with Gasteiger partial charge in [-0.05, 0) is 24.6 Å². The van der Waals surface area contributed by atoms with E-state index < -0.39 is 0 Å². The fraction of sp³-hybridized carbons (Fsp3) is 0.100. The summed E-state index contributed by atoms with van der Waals surface area (Å²) in [5.74, 6) is 0.444. The molecule has 0 amide bonds. The van der Waals surface area contributed by atoms with Crippen molar-refractivity contribution in [2.24, 2.45) is 0 Å². The summed E-state index contributed by atoms with van der Waals surface area (Å²) in [7, 11) is 0. The van der Waals surface area contributed by atoms with Gasteiger partial charge in [0.1, 0.15) is 0 Å². The summed E-state index contributed by atoms with van der Waals surface area (Å²) in [5, 5.41) is 16.2. The highest BCUT2D eigenvalue weighted by atomic mass is 16.4. The van der Waals surface area contributed by atoms with Crippen LogP contribution in [0.4, 0.5) is 0 Å². The number of hydrogen-bond donors (Lipinski definition) is 0.